The van der Waals surface area contributed by atoms with Crippen LogP contribution in [0, 0.1) is 18.8 Å². The van der Waals surface area contributed by atoms with E-state index in [1.54, 1.807) is 0 Å². The zero-order valence-electron chi connectivity index (χ0n) is 12.4. The maximum absolute atomic E-state index is 12.9. The number of fused-ring (bicyclic) bond motifs is 2. The smallest absolute Gasteiger partial charge is 0.169 e. The number of hydrogen-bond donors (Lipinski definition) is 2. The molecular formula is C16H24N2O2. The van der Waals surface area contributed by atoms with Crippen molar-refractivity contribution in [2.75, 3.05) is 26.2 Å². The van der Waals surface area contributed by atoms with Crippen LogP contribution in [0.3, 0.4) is 0 Å². The van der Waals surface area contributed by atoms with Gasteiger partial charge in [0, 0.05) is 36.0 Å². The van der Waals surface area contributed by atoms with Gasteiger partial charge in [-0.3, -0.25) is 4.79 Å². The van der Waals surface area contributed by atoms with Gasteiger partial charge in [0.05, 0.1) is 6.61 Å². The summed E-state index contributed by atoms with van der Waals surface area (Å²) in [5.74, 6) is 0.941. The third kappa shape index (κ3) is 2.11. The molecule has 0 radical (unpaired) electrons. The van der Waals surface area contributed by atoms with Crippen molar-refractivity contribution in [2.45, 2.75) is 33.1 Å². The zero-order valence-corrected chi connectivity index (χ0v) is 12.4. The van der Waals surface area contributed by atoms with Crippen LogP contribution in [0.15, 0.2) is 0 Å². The summed E-state index contributed by atoms with van der Waals surface area (Å²) in [5.41, 5.74) is 4.53. The SMILES string of the molecule is CCc1c(C)[nH]c2c1C(=O)C1CN(CCO)CCC1C2. The van der Waals surface area contributed by atoms with Gasteiger partial charge in [-0.2, -0.15) is 0 Å². The van der Waals surface area contributed by atoms with Crippen LogP contribution in [-0.2, 0) is 12.8 Å². The molecule has 0 spiro atoms. The summed E-state index contributed by atoms with van der Waals surface area (Å²) in [6, 6.07) is 0. The lowest BCUT2D eigenvalue weighted by Crippen LogP contribution is -2.47. The predicted octanol–water partition coefficient (Wildman–Crippen LogP) is 1.55. The van der Waals surface area contributed by atoms with Crippen LogP contribution < -0.4 is 0 Å². The van der Waals surface area contributed by atoms with E-state index in [1.807, 2.05) is 0 Å². The molecule has 4 heteroatoms. The molecule has 2 unspecified atom stereocenters. The predicted molar refractivity (Wildman–Crippen MR) is 78.1 cm³/mol. The fraction of sp³-hybridized carbons (Fsp3) is 0.688. The largest absolute Gasteiger partial charge is 0.395 e. The van der Waals surface area contributed by atoms with Crippen LogP contribution in [0.4, 0.5) is 0 Å². The van der Waals surface area contributed by atoms with Crippen molar-refractivity contribution in [3.05, 3.63) is 22.5 Å². The van der Waals surface area contributed by atoms with Crippen molar-refractivity contribution < 1.29 is 9.90 Å². The molecule has 110 valence electrons. The number of Topliss-reactive ketones (excluding diaryl/α,β-unsaturated/α-hetero) is 1. The fourth-order valence-corrected chi connectivity index (χ4v) is 4.03. The van der Waals surface area contributed by atoms with Gasteiger partial charge < -0.3 is 15.0 Å². The highest BCUT2D eigenvalue weighted by molar-refractivity contribution is 6.02. The lowest BCUT2D eigenvalue weighted by Gasteiger charge is -2.40. The molecular weight excluding hydrogens is 252 g/mol. The summed E-state index contributed by atoms with van der Waals surface area (Å²) >= 11 is 0. The van der Waals surface area contributed by atoms with Gasteiger partial charge in [-0.05, 0) is 44.2 Å². The molecule has 0 amide bonds. The van der Waals surface area contributed by atoms with E-state index in [2.05, 4.69) is 23.7 Å². The molecule has 1 aliphatic heterocycles. The Morgan fingerprint density at radius 1 is 1.45 bits per heavy atom. The van der Waals surface area contributed by atoms with E-state index in [9.17, 15) is 4.79 Å². The second-order valence-electron chi connectivity index (χ2n) is 6.18. The molecule has 20 heavy (non-hydrogen) atoms. The summed E-state index contributed by atoms with van der Waals surface area (Å²) < 4.78 is 0. The zero-order chi connectivity index (χ0) is 14.3. The minimum atomic E-state index is 0.128. The molecule has 0 bridgehead atoms. The number of ketones is 1. The molecule has 2 heterocycles. The average molecular weight is 276 g/mol. The number of carbonyl (C=O) groups excluding carboxylic acids is 1. The van der Waals surface area contributed by atoms with Gasteiger partial charge in [0.25, 0.3) is 0 Å². The van der Waals surface area contributed by atoms with E-state index in [0.717, 1.165) is 43.6 Å². The summed E-state index contributed by atoms with van der Waals surface area (Å²) in [7, 11) is 0. The van der Waals surface area contributed by atoms with Gasteiger partial charge in [-0.25, -0.2) is 0 Å². The highest BCUT2D eigenvalue weighted by atomic mass is 16.3. The highest BCUT2D eigenvalue weighted by Crippen LogP contribution is 2.37. The van der Waals surface area contributed by atoms with E-state index >= 15 is 0 Å². The monoisotopic (exact) mass is 276 g/mol. The topological polar surface area (TPSA) is 56.3 Å². The second kappa shape index (κ2) is 5.34. The van der Waals surface area contributed by atoms with E-state index in [0.29, 0.717) is 18.2 Å². The van der Waals surface area contributed by atoms with Gasteiger partial charge >= 0.3 is 0 Å². The molecule has 1 aromatic rings. The van der Waals surface area contributed by atoms with Crippen molar-refractivity contribution in [1.82, 2.24) is 9.88 Å². The maximum Gasteiger partial charge on any atom is 0.169 e. The fourth-order valence-electron chi connectivity index (χ4n) is 4.03. The van der Waals surface area contributed by atoms with Crippen LogP contribution >= 0.6 is 0 Å². The molecule has 2 N–H and O–H groups in total. The number of aromatic nitrogens is 1. The number of rotatable bonds is 3. The van der Waals surface area contributed by atoms with Crippen molar-refractivity contribution >= 4 is 5.78 Å². The summed E-state index contributed by atoms with van der Waals surface area (Å²) in [6.07, 6.45) is 3.00. The Bertz CT molecular complexity index is 521. The van der Waals surface area contributed by atoms with Crippen molar-refractivity contribution in [3.63, 3.8) is 0 Å². The molecule has 3 rings (SSSR count). The number of aromatic amines is 1. The van der Waals surface area contributed by atoms with Gasteiger partial charge in [-0.15, -0.1) is 0 Å². The minimum absolute atomic E-state index is 0.128. The number of aliphatic hydroxyl groups is 1. The van der Waals surface area contributed by atoms with Crippen LogP contribution in [0.2, 0.25) is 0 Å². The van der Waals surface area contributed by atoms with Gasteiger partial charge in [0.2, 0.25) is 0 Å². The highest BCUT2D eigenvalue weighted by Gasteiger charge is 2.41. The van der Waals surface area contributed by atoms with E-state index in [-0.39, 0.29) is 12.5 Å². The molecule has 2 aliphatic rings. The average Bonchev–Trinajstić information content (AvgIpc) is 2.75. The quantitative estimate of drug-likeness (QED) is 0.881. The van der Waals surface area contributed by atoms with Gasteiger partial charge in [0.15, 0.2) is 5.78 Å². The summed E-state index contributed by atoms with van der Waals surface area (Å²) in [5, 5.41) is 9.09. The van der Waals surface area contributed by atoms with Crippen molar-refractivity contribution in [1.29, 1.82) is 0 Å². The Morgan fingerprint density at radius 3 is 2.95 bits per heavy atom. The minimum Gasteiger partial charge on any atom is -0.395 e. The first-order valence-electron chi connectivity index (χ1n) is 7.73. The molecule has 1 aromatic heterocycles. The van der Waals surface area contributed by atoms with Crippen molar-refractivity contribution in [2.24, 2.45) is 11.8 Å². The third-order valence-electron chi connectivity index (χ3n) is 5.05. The number of H-pyrrole nitrogens is 1. The standard InChI is InChI=1S/C16H24N2O2/c1-3-12-10(2)17-14-8-11-4-5-18(6-7-19)9-13(11)16(20)15(12)14/h11,13,17,19H,3-9H2,1-2H3. The molecule has 2 atom stereocenters. The molecule has 1 saturated heterocycles. The third-order valence-corrected chi connectivity index (χ3v) is 5.05. The Hall–Kier alpha value is -1.13. The number of likely N-dealkylation sites (tertiary alicyclic amines) is 1. The summed E-state index contributed by atoms with van der Waals surface area (Å²) in [4.78, 5) is 18.6. The molecule has 0 aromatic carbocycles. The van der Waals surface area contributed by atoms with Crippen LogP contribution in [0.5, 0.6) is 0 Å². The summed E-state index contributed by atoms with van der Waals surface area (Å²) in [6.45, 7) is 6.89. The maximum atomic E-state index is 12.9. The number of nitrogens with one attached hydrogen (secondary N) is 1. The van der Waals surface area contributed by atoms with Crippen molar-refractivity contribution in [3.8, 4) is 0 Å². The molecule has 1 aliphatic carbocycles. The number of carbonyl (C=O) groups is 1. The van der Waals surface area contributed by atoms with Gasteiger partial charge in [-0.1, -0.05) is 6.92 Å². The Labute approximate surface area is 120 Å². The van der Waals surface area contributed by atoms with Crippen LogP contribution in [-0.4, -0.2) is 47.0 Å². The van der Waals surface area contributed by atoms with E-state index < -0.39 is 0 Å². The lowest BCUT2D eigenvalue weighted by molar-refractivity contribution is 0.0619. The first-order chi connectivity index (χ1) is 9.65. The Morgan fingerprint density at radius 2 is 2.25 bits per heavy atom. The number of piperidine rings is 1. The number of nitrogens with zero attached hydrogens (tertiary/aromatic N) is 1. The number of β-amino-alcohol motifs (C(OH)–C–C–N with tert-alkyl or cyclic N) is 1. The Kier molecular flexibility index (Phi) is 3.69. The van der Waals surface area contributed by atoms with Crippen LogP contribution in [0.25, 0.3) is 0 Å². The molecule has 1 fully saturated rings. The normalized spacial score (nSPS) is 26.4. The number of aliphatic hydroxyl groups excluding tert-OH is 1. The van der Waals surface area contributed by atoms with E-state index in [1.165, 1.54) is 11.3 Å². The lowest BCUT2D eigenvalue weighted by atomic mass is 9.72. The Balaban J connectivity index is 1.90. The second-order valence-corrected chi connectivity index (χ2v) is 6.18. The first-order valence-corrected chi connectivity index (χ1v) is 7.73. The van der Waals surface area contributed by atoms with E-state index in [4.69, 9.17) is 5.11 Å². The van der Waals surface area contributed by atoms with Gasteiger partial charge in [0.1, 0.15) is 0 Å². The molecule has 0 saturated carbocycles. The number of hydrogen-bond acceptors (Lipinski definition) is 3. The first kappa shape index (κ1) is 13.8. The van der Waals surface area contributed by atoms with Crippen LogP contribution in [0.1, 0.15) is 40.7 Å². The number of aryl methyl sites for hydroxylation is 1. The molecule has 4 nitrogen and oxygen atoms in total.